The largest absolute Gasteiger partial charge is 0.508 e. The number of aliphatic hydroxyl groups is 1. The molecular weight excluding hydrogens is 284 g/mol. The lowest BCUT2D eigenvalue weighted by Gasteiger charge is -2.18. The lowest BCUT2D eigenvalue weighted by atomic mass is 9.90. The van der Waals surface area contributed by atoms with Crippen LogP contribution in [0.3, 0.4) is 0 Å². The lowest BCUT2D eigenvalue weighted by Crippen LogP contribution is -2.18. The summed E-state index contributed by atoms with van der Waals surface area (Å²) in [6.45, 7) is 8.80. The van der Waals surface area contributed by atoms with Crippen LogP contribution in [-0.4, -0.2) is 29.3 Å². The van der Waals surface area contributed by atoms with Crippen LogP contribution in [0, 0.1) is 11.8 Å². The first kappa shape index (κ1) is 16.3. The maximum atomic E-state index is 11.6. The summed E-state index contributed by atoms with van der Waals surface area (Å²) in [4.78, 5) is 22.5. The fraction of sp³-hybridized carbons (Fsp3) is 0.529. The summed E-state index contributed by atoms with van der Waals surface area (Å²) >= 11 is 0. The van der Waals surface area contributed by atoms with Crippen LogP contribution in [0.1, 0.15) is 33.6 Å². The van der Waals surface area contributed by atoms with E-state index in [0.29, 0.717) is 18.4 Å². The van der Waals surface area contributed by atoms with E-state index in [1.165, 1.54) is 13.0 Å². The van der Waals surface area contributed by atoms with Crippen molar-refractivity contribution < 1.29 is 24.2 Å². The first-order valence-corrected chi connectivity index (χ1v) is 7.47. The summed E-state index contributed by atoms with van der Waals surface area (Å²) in [5, 5.41) is 10.3. The van der Waals surface area contributed by atoms with E-state index in [1.807, 2.05) is 13.0 Å². The van der Waals surface area contributed by atoms with Crippen LogP contribution >= 0.6 is 0 Å². The minimum absolute atomic E-state index is 0.0221. The van der Waals surface area contributed by atoms with Crippen molar-refractivity contribution in [3.05, 3.63) is 35.6 Å². The van der Waals surface area contributed by atoms with Gasteiger partial charge in [-0.25, -0.2) is 4.79 Å². The summed E-state index contributed by atoms with van der Waals surface area (Å²) in [6.07, 6.45) is 4.01. The standard InChI is InChI=1S/C17H22O5/c1-9-7-16-14(11(3)17(20)22-16)6-5-13(9)15(19)8-10(2)21-12(4)18/h5,8-10,14,16,19H,3,6-7H2,1-2,4H3. The van der Waals surface area contributed by atoms with Gasteiger partial charge in [0.15, 0.2) is 0 Å². The molecule has 0 amide bonds. The number of fused-ring (bicyclic) bond motifs is 1. The van der Waals surface area contributed by atoms with Gasteiger partial charge >= 0.3 is 11.9 Å². The summed E-state index contributed by atoms with van der Waals surface area (Å²) in [5.41, 5.74) is 1.30. The van der Waals surface area contributed by atoms with E-state index in [4.69, 9.17) is 9.47 Å². The highest BCUT2D eigenvalue weighted by Crippen LogP contribution is 2.39. The summed E-state index contributed by atoms with van der Waals surface area (Å²) in [7, 11) is 0. The molecule has 4 atom stereocenters. The third-order valence-electron chi connectivity index (χ3n) is 4.17. The molecule has 0 aromatic rings. The Morgan fingerprint density at radius 1 is 1.59 bits per heavy atom. The van der Waals surface area contributed by atoms with Crippen molar-refractivity contribution in [3.8, 4) is 0 Å². The molecular formula is C17H22O5. The second-order valence-corrected chi connectivity index (χ2v) is 5.97. The average Bonchev–Trinajstić information content (AvgIpc) is 2.56. The molecule has 5 nitrogen and oxygen atoms in total. The first-order valence-electron chi connectivity index (χ1n) is 7.47. The molecule has 0 aromatic heterocycles. The molecule has 4 unspecified atom stereocenters. The van der Waals surface area contributed by atoms with Crippen LogP contribution in [0.25, 0.3) is 0 Å². The maximum Gasteiger partial charge on any atom is 0.334 e. The van der Waals surface area contributed by atoms with Gasteiger partial charge < -0.3 is 14.6 Å². The zero-order valence-corrected chi connectivity index (χ0v) is 13.2. The summed E-state index contributed by atoms with van der Waals surface area (Å²) < 4.78 is 10.3. The fourth-order valence-electron chi connectivity index (χ4n) is 3.08. The lowest BCUT2D eigenvalue weighted by molar-refractivity contribution is -0.143. The van der Waals surface area contributed by atoms with Gasteiger partial charge in [0.25, 0.3) is 0 Å². The Morgan fingerprint density at radius 2 is 2.27 bits per heavy atom. The van der Waals surface area contributed by atoms with E-state index in [-0.39, 0.29) is 29.7 Å². The van der Waals surface area contributed by atoms with Gasteiger partial charge in [0.1, 0.15) is 18.0 Å². The van der Waals surface area contributed by atoms with Crippen molar-refractivity contribution in [2.75, 3.05) is 0 Å². The molecule has 0 aromatic carbocycles. The topological polar surface area (TPSA) is 72.8 Å². The molecule has 2 aliphatic rings. The van der Waals surface area contributed by atoms with Gasteiger partial charge in [-0.2, -0.15) is 0 Å². The van der Waals surface area contributed by atoms with E-state index >= 15 is 0 Å². The zero-order valence-electron chi connectivity index (χ0n) is 13.2. The molecule has 1 saturated heterocycles. The Morgan fingerprint density at radius 3 is 2.91 bits per heavy atom. The number of carbonyl (C=O) groups excluding carboxylic acids is 2. The van der Waals surface area contributed by atoms with Crippen molar-refractivity contribution in [2.45, 2.75) is 45.8 Å². The number of allylic oxidation sites excluding steroid dienone is 2. The van der Waals surface area contributed by atoms with Crippen molar-refractivity contribution in [1.29, 1.82) is 0 Å². The normalized spacial score (nSPS) is 30.0. The summed E-state index contributed by atoms with van der Waals surface area (Å²) in [6, 6.07) is 0. The van der Waals surface area contributed by atoms with Crippen LogP contribution in [0.4, 0.5) is 0 Å². The van der Waals surface area contributed by atoms with E-state index < -0.39 is 12.1 Å². The van der Waals surface area contributed by atoms with E-state index in [9.17, 15) is 14.7 Å². The van der Waals surface area contributed by atoms with Crippen molar-refractivity contribution in [2.24, 2.45) is 11.8 Å². The molecule has 5 heteroatoms. The van der Waals surface area contributed by atoms with Crippen LogP contribution in [0.5, 0.6) is 0 Å². The SMILES string of the molecule is C=C1C(=O)OC2CC(C)C(C(O)=CC(C)OC(C)=O)=CCC12. The Kier molecular flexibility index (Phi) is 4.74. The van der Waals surface area contributed by atoms with Gasteiger partial charge in [-0.3, -0.25) is 4.79 Å². The Bertz CT molecular complexity index is 557. The highest BCUT2D eigenvalue weighted by Gasteiger charge is 2.40. The molecule has 1 N–H and O–H groups in total. The molecule has 22 heavy (non-hydrogen) atoms. The van der Waals surface area contributed by atoms with Gasteiger partial charge in [-0.15, -0.1) is 0 Å². The van der Waals surface area contributed by atoms with Gasteiger partial charge in [0.2, 0.25) is 0 Å². The van der Waals surface area contributed by atoms with Crippen LogP contribution < -0.4 is 0 Å². The Balaban J connectivity index is 2.16. The van der Waals surface area contributed by atoms with Crippen molar-refractivity contribution in [3.63, 3.8) is 0 Å². The zero-order chi connectivity index (χ0) is 16.4. The molecule has 0 spiro atoms. The molecule has 1 aliphatic carbocycles. The minimum atomic E-state index is -0.499. The van der Waals surface area contributed by atoms with Crippen molar-refractivity contribution >= 4 is 11.9 Å². The fourth-order valence-corrected chi connectivity index (χ4v) is 3.08. The number of hydrogen-bond acceptors (Lipinski definition) is 5. The van der Waals surface area contributed by atoms with Gasteiger partial charge in [0.05, 0.1) is 0 Å². The monoisotopic (exact) mass is 306 g/mol. The second kappa shape index (κ2) is 6.38. The molecule has 0 saturated carbocycles. The van der Waals surface area contributed by atoms with Crippen LogP contribution in [0.15, 0.2) is 35.6 Å². The van der Waals surface area contributed by atoms with Gasteiger partial charge in [-0.05, 0) is 37.3 Å². The summed E-state index contributed by atoms with van der Waals surface area (Å²) in [5.74, 6) is -0.585. The smallest absolute Gasteiger partial charge is 0.334 e. The third kappa shape index (κ3) is 3.40. The van der Waals surface area contributed by atoms with Crippen LogP contribution in [-0.2, 0) is 19.1 Å². The van der Waals surface area contributed by atoms with Gasteiger partial charge in [-0.1, -0.05) is 19.6 Å². The molecule has 1 fully saturated rings. The van der Waals surface area contributed by atoms with E-state index in [1.54, 1.807) is 6.92 Å². The Labute approximate surface area is 130 Å². The molecule has 2 rings (SSSR count). The maximum absolute atomic E-state index is 11.6. The number of carbonyl (C=O) groups is 2. The second-order valence-electron chi connectivity index (χ2n) is 5.97. The quantitative estimate of drug-likeness (QED) is 0.493. The van der Waals surface area contributed by atoms with E-state index in [2.05, 4.69) is 6.58 Å². The van der Waals surface area contributed by atoms with Gasteiger partial charge in [0, 0.05) is 18.4 Å². The Hall–Kier alpha value is -2.04. The average molecular weight is 306 g/mol. The third-order valence-corrected chi connectivity index (χ3v) is 4.17. The molecule has 120 valence electrons. The van der Waals surface area contributed by atoms with Crippen LogP contribution in [0.2, 0.25) is 0 Å². The predicted octanol–water partition coefficient (Wildman–Crippen LogP) is 2.83. The number of esters is 2. The molecule has 1 aliphatic heterocycles. The number of aliphatic hydroxyl groups excluding tert-OH is 1. The highest BCUT2D eigenvalue weighted by atomic mass is 16.6. The molecule has 0 bridgehead atoms. The number of ether oxygens (including phenoxy) is 2. The minimum Gasteiger partial charge on any atom is -0.508 e. The molecule has 0 radical (unpaired) electrons. The van der Waals surface area contributed by atoms with E-state index in [0.717, 1.165) is 5.57 Å². The first-order chi connectivity index (χ1) is 10.3. The number of hydrogen-bond donors (Lipinski definition) is 1. The predicted molar refractivity (Wildman–Crippen MR) is 80.9 cm³/mol. The molecule has 1 heterocycles. The highest BCUT2D eigenvalue weighted by molar-refractivity contribution is 5.90. The number of rotatable bonds is 3. The van der Waals surface area contributed by atoms with Crippen molar-refractivity contribution in [1.82, 2.24) is 0 Å².